The van der Waals surface area contributed by atoms with Crippen molar-refractivity contribution >= 4 is 11.6 Å². The molecule has 0 aromatic heterocycles. The molecule has 0 atom stereocenters. The first-order valence-electron chi connectivity index (χ1n) is 3.97. The summed E-state index contributed by atoms with van der Waals surface area (Å²) < 4.78 is 0. The summed E-state index contributed by atoms with van der Waals surface area (Å²) in [5.41, 5.74) is 2.59. The van der Waals surface area contributed by atoms with Crippen LogP contribution in [-0.2, 0) is 12.8 Å². The van der Waals surface area contributed by atoms with Gasteiger partial charge in [0.25, 0.3) is 0 Å². The average Bonchev–Trinajstić information content (AvgIpc) is 2.04. The van der Waals surface area contributed by atoms with Crippen LogP contribution in [0.4, 0.5) is 0 Å². The minimum absolute atomic E-state index is 0.854. The van der Waals surface area contributed by atoms with E-state index in [1.807, 2.05) is 12.1 Å². The third-order valence-corrected chi connectivity index (χ3v) is 2.22. The Bertz CT molecular complexity index is 241. The van der Waals surface area contributed by atoms with Crippen LogP contribution in [0.25, 0.3) is 0 Å². The Kier molecular flexibility index (Phi) is 2.95. The Morgan fingerprint density at radius 2 is 2.00 bits per heavy atom. The maximum Gasteiger partial charge on any atom is 0.0446 e. The van der Waals surface area contributed by atoms with Crippen LogP contribution in [0.1, 0.15) is 25.0 Å². The molecule has 0 bridgehead atoms. The largest absolute Gasteiger partial charge is 0.0840 e. The predicted molar refractivity (Wildman–Crippen MR) is 49.0 cm³/mol. The van der Waals surface area contributed by atoms with Gasteiger partial charge in [0.2, 0.25) is 0 Å². The minimum Gasteiger partial charge on any atom is -0.0840 e. The number of halogens is 1. The van der Waals surface area contributed by atoms with E-state index >= 15 is 0 Å². The molecule has 0 amide bonds. The van der Waals surface area contributed by atoms with Crippen LogP contribution in [0.3, 0.4) is 0 Å². The number of aryl methyl sites for hydroxylation is 1. The highest BCUT2D eigenvalue weighted by Gasteiger charge is 2.01. The summed E-state index contributed by atoms with van der Waals surface area (Å²) >= 11 is 5.98. The summed E-state index contributed by atoms with van der Waals surface area (Å²) in [6.45, 7) is 4.26. The fourth-order valence-corrected chi connectivity index (χ4v) is 1.57. The molecule has 0 spiro atoms. The van der Waals surface area contributed by atoms with Gasteiger partial charge in [0.15, 0.2) is 0 Å². The zero-order valence-electron chi connectivity index (χ0n) is 6.95. The van der Waals surface area contributed by atoms with Gasteiger partial charge in [-0.1, -0.05) is 31.5 Å². The molecule has 1 rings (SSSR count). The molecule has 1 aromatic carbocycles. The van der Waals surface area contributed by atoms with Gasteiger partial charge < -0.3 is 0 Å². The molecule has 0 aliphatic rings. The third kappa shape index (κ3) is 1.75. The van der Waals surface area contributed by atoms with Crippen molar-refractivity contribution < 1.29 is 0 Å². The molecule has 0 fully saturated rings. The Labute approximate surface area is 73.2 Å². The van der Waals surface area contributed by atoms with Gasteiger partial charge >= 0.3 is 0 Å². The van der Waals surface area contributed by atoms with E-state index < -0.39 is 0 Å². The van der Waals surface area contributed by atoms with Crippen molar-refractivity contribution in [2.75, 3.05) is 0 Å². The van der Waals surface area contributed by atoms with E-state index in [2.05, 4.69) is 19.9 Å². The molecule has 0 heterocycles. The van der Waals surface area contributed by atoms with Crippen LogP contribution < -0.4 is 0 Å². The van der Waals surface area contributed by atoms with Crippen LogP contribution in [0, 0.1) is 6.07 Å². The highest BCUT2D eigenvalue weighted by atomic mass is 35.5. The van der Waals surface area contributed by atoms with Gasteiger partial charge in [0.1, 0.15) is 0 Å². The summed E-state index contributed by atoms with van der Waals surface area (Å²) in [5.74, 6) is 0. The smallest absolute Gasteiger partial charge is 0.0446 e. The Morgan fingerprint density at radius 3 is 2.45 bits per heavy atom. The first-order chi connectivity index (χ1) is 5.29. The molecule has 1 aromatic rings. The topological polar surface area (TPSA) is 0 Å². The van der Waals surface area contributed by atoms with Crippen LogP contribution >= 0.6 is 11.6 Å². The summed E-state index contributed by atoms with van der Waals surface area (Å²) in [4.78, 5) is 0. The quantitative estimate of drug-likeness (QED) is 0.635. The molecule has 0 aliphatic carbocycles. The second-order valence-electron chi connectivity index (χ2n) is 2.51. The summed E-state index contributed by atoms with van der Waals surface area (Å²) in [6.07, 6.45) is 2.05. The zero-order valence-corrected chi connectivity index (χ0v) is 7.70. The Hall–Kier alpha value is -0.490. The van der Waals surface area contributed by atoms with Crippen molar-refractivity contribution in [2.45, 2.75) is 26.7 Å². The van der Waals surface area contributed by atoms with Gasteiger partial charge in [-0.2, -0.15) is 0 Å². The van der Waals surface area contributed by atoms with Gasteiger partial charge in [0, 0.05) is 5.02 Å². The fraction of sp³-hybridized carbons (Fsp3) is 0.400. The van der Waals surface area contributed by atoms with Gasteiger partial charge in [-0.25, -0.2) is 0 Å². The summed E-state index contributed by atoms with van der Waals surface area (Å²) in [7, 11) is 0. The van der Waals surface area contributed by atoms with E-state index in [9.17, 15) is 0 Å². The van der Waals surface area contributed by atoms with Crippen molar-refractivity contribution in [2.24, 2.45) is 0 Å². The van der Waals surface area contributed by atoms with Crippen molar-refractivity contribution in [1.82, 2.24) is 0 Å². The highest BCUT2D eigenvalue weighted by Crippen LogP contribution is 2.20. The van der Waals surface area contributed by atoms with Crippen LogP contribution in [0.15, 0.2) is 12.1 Å². The highest BCUT2D eigenvalue weighted by molar-refractivity contribution is 6.31. The summed E-state index contributed by atoms with van der Waals surface area (Å²) in [5, 5.41) is 0.854. The monoisotopic (exact) mass is 167 g/mol. The summed E-state index contributed by atoms with van der Waals surface area (Å²) in [6, 6.07) is 6.87. The lowest BCUT2D eigenvalue weighted by atomic mass is 10.0. The molecule has 11 heavy (non-hydrogen) atoms. The van der Waals surface area contributed by atoms with Crippen LogP contribution in [-0.4, -0.2) is 0 Å². The second-order valence-corrected chi connectivity index (χ2v) is 2.92. The lowest BCUT2D eigenvalue weighted by molar-refractivity contribution is 1.04. The van der Waals surface area contributed by atoms with Crippen LogP contribution in [0.2, 0.25) is 5.02 Å². The normalized spacial score (nSPS) is 10.1. The van der Waals surface area contributed by atoms with Gasteiger partial charge in [-0.3, -0.25) is 0 Å². The van der Waals surface area contributed by atoms with E-state index in [1.165, 1.54) is 11.1 Å². The number of hydrogen-bond donors (Lipinski definition) is 0. The van der Waals surface area contributed by atoms with Gasteiger partial charge in [0.05, 0.1) is 0 Å². The molecule has 0 unspecified atom stereocenters. The van der Waals surface area contributed by atoms with Crippen molar-refractivity contribution in [3.63, 3.8) is 0 Å². The molecule has 0 saturated carbocycles. The number of benzene rings is 1. The second kappa shape index (κ2) is 3.77. The maximum atomic E-state index is 5.98. The van der Waals surface area contributed by atoms with Gasteiger partial charge in [-0.15, -0.1) is 0 Å². The molecule has 0 saturated heterocycles. The average molecular weight is 168 g/mol. The standard InChI is InChI=1S/C10H12Cl/c1-3-8-6-5-7-10(11)9(8)4-2/h6-7H,3-4H2,1-2H3. The van der Waals surface area contributed by atoms with Crippen LogP contribution in [0.5, 0.6) is 0 Å². The molecular weight excluding hydrogens is 156 g/mol. The first kappa shape index (κ1) is 8.61. The SMILES string of the molecule is CCc1c[c]cc(Cl)c1CC. The first-order valence-corrected chi connectivity index (χ1v) is 4.34. The predicted octanol–water partition coefficient (Wildman–Crippen LogP) is 3.26. The van der Waals surface area contributed by atoms with Crippen molar-refractivity contribution in [3.05, 3.63) is 34.3 Å². The van der Waals surface area contributed by atoms with Crippen molar-refractivity contribution in [3.8, 4) is 0 Å². The van der Waals surface area contributed by atoms with E-state index in [0.29, 0.717) is 0 Å². The number of rotatable bonds is 2. The molecule has 1 radical (unpaired) electrons. The molecular formula is C10H12Cl. The molecule has 1 heteroatoms. The maximum absolute atomic E-state index is 5.98. The fourth-order valence-electron chi connectivity index (χ4n) is 1.25. The van der Waals surface area contributed by atoms with Crippen molar-refractivity contribution in [1.29, 1.82) is 0 Å². The molecule has 59 valence electrons. The van der Waals surface area contributed by atoms with E-state index in [-0.39, 0.29) is 0 Å². The molecule has 0 nitrogen and oxygen atoms in total. The third-order valence-electron chi connectivity index (χ3n) is 1.88. The lowest BCUT2D eigenvalue weighted by Gasteiger charge is -2.05. The molecule has 0 aliphatic heterocycles. The Balaban J connectivity index is 3.13. The molecule has 0 N–H and O–H groups in total. The van der Waals surface area contributed by atoms with E-state index in [0.717, 1.165) is 17.9 Å². The van der Waals surface area contributed by atoms with E-state index in [4.69, 9.17) is 11.6 Å². The number of hydrogen-bond acceptors (Lipinski definition) is 0. The minimum atomic E-state index is 0.854. The van der Waals surface area contributed by atoms with Gasteiger partial charge in [-0.05, 0) is 36.1 Å². The lowest BCUT2D eigenvalue weighted by Crippen LogP contribution is -1.90. The zero-order chi connectivity index (χ0) is 8.27. The van der Waals surface area contributed by atoms with E-state index in [1.54, 1.807) is 0 Å². The Morgan fingerprint density at radius 1 is 1.27 bits per heavy atom.